The van der Waals surface area contributed by atoms with Gasteiger partial charge in [0.15, 0.2) is 0 Å². The average Bonchev–Trinajstić information content (AvgIpc) is 2.22. The Morgan fingerprint density at radius 3 is 2.93 bits per heavy atom. The van der Waals surface area contributed by atoms with Gasteiger partial charge in [-0.2, -0.15) is 5.26 Å². The molecule has 0 spiro atoms. The van der Waals surface area contributed by atoms with Gasteiger partial charge in [-0.05, 0) is 12.5 Å². The van der Waals surface area contributed by atoms with Crippen molar-refractivity contribution in [3.8, 4) is 6.07 Å². The third kappa shape index (κ3) is 5.38. The maximum Gasteiger partial charge on any atom is 0.106 e. The highest BCUT2D eigenvalue weighted by Gasteiger charge is 2.21. The maximum absolute atomic E-state index is 8.90. The van der Waals surface area contributed by atoms with Crippen LogP contribution in [0.15, 0.2) is 5.11 Å². The topological polar surface area (TPSA) is 93.8 Å². The first kappa shape index (κ1) is 12.7. The third-order valence-electron chi connectivity index (χ3n) is 1.84. The van der Waals surface area contributed by atoms with Crippen LogP contribution in [0.5, 0.6) is 0 Å². The highest BCUT2D eigenvalue weighted by atomic mass is 16.5. The van der Waals surface area contributed by atoms with E-state index in [1.807, 2.05) is 0 Å². The largest absolute Gasteiger partial charge is 0.385 e. The molecule has 0 aromatic carbocycles. The molecule has 1 unspecified atom stereocenters. The second-order valence-corrected chi connectivity index (χ2v) is 3.07. The third-order valence-corrected chi connectivity index (χ3v) is 1.84. The van der Waals surface area contributed by atoms with E-state index in [1.165, 1.54) is 0 Å². The minimum absolute atomic E-state index is 0.348. The number of methoxy groups -OCH3 is 1. The van der Waals surface area contributed by atoms with Crippen molar-refractivity contribution in [1.82, 2.24) is 5.32 Å². The van der Waals surface area contributed by atoms with Gasteiger partial charge in [0.05, 0.1) is 6.07 Å². The van der Waals surface area contributed by atoms with Crippen LogP contribution in [0.4, 0.5) is 0 Å². The van der Waals surface area contributed by atoms with Crippen LogP contribution in [0.3, 0.4) is 0 Å². The molecule has 0 bridgehead atoms. The summed E-state index contributed by atoms with van der Waals surface area (Å²) in [7, 11) is 1.60. The highest BCUT2D eigenvalue weighted by Crippen LogP contribution is 2.07. The lowest BCUT2D eigenvalue weighted by Crippen LogP contribution is -2.43. The molecule has 6 heteroatoms. The molecule has 0 heterocycles. The number of nitriles is 1. The zero-order chi connectivity index (χ0) is 10.9. The van der Waals surface area contributed by atoms with Crippen molar-refractivity contribution in [2.45, 2.75) is 18.9 Å². The predicted molar refractivity (Wildman–Crippen MR) is 52.5 cm³/mol. The van der Waals surface area contributed by atoms with Gasteiger partial charge in [-0.1, -0.05) is 5.11 Å². The van der Waals surface area contributed by atoms with E-state index < -0.39 is 5.54 Å². The summed E-state index contributed by atoms with van der Waals surface area (Å²) in [5.41, 5.74) is 7.43. The van der Waals surface area contributed by atoms with Gasteiger partial charge in [0.2, 0.25) is 0 Å². The van der Waals surface area contributed by atoms with Gasteiger partial charge in [0, 0.05) is 38.1 Å². The number of ether oxygens (including phenoxy) is 1. The summed E-state index contributed by atoms with van der Waals surface area (Å²) in [4.78, 5) is 2.62. The van der Waals surface area contributed by atoms with E-state index >= 15 is 0 Å². The Labute approximate surface area is 83.5 Å². The molecule has 0 aromatic rings. The first-order chi connectivity index (χ1) is 6.68. The number of azide groups is 1. The second-order valence-electron chi connectivity index (χ2n) is 3.07. The van der Waals surface area contributed by atoms with E-state index in [9.17, 15) is 0 Å². The second kappa shape index (κ2) is 7.15. The van der Waals surface area contributed by atoms with Gasteiger partial charge in [-0.25, -0.2) is 0 Å². The molecule has 0 amide bonds. The molecule has 6 nitrogen and oxygen atoms in total. The van der Waals surface area contributed by atoms with Crippen LogP contribution >= 0.6 is 0 Å². The van der Waals surface area contributed by atoms with E-state index in [1.54, 1.807) is 14.0 Å². The quantitative estimate of drug-likeness (QED) is 0.287. The molecule has 1 N–H and O–H groups in total. The highest BCUT2D eigenvalue weighted by molar-refractivity contribution is 5.03. The number of hydrogen-bond acceptors (Lipinski definition) is 4. The SMILES string of the molecule is COCCC(C)(C#N)NCCN=[N+]=[N-]. The van der Waals surface area contributed by atoms with Crippen LogP contribution in [0, 0.1) is 11.3 Å². The van der Waals surface area contributed by atoms with Crippen molar-refractivity contribution in [2.24, 2.45) is 5.11 Å². The monoisotopic (exact) mass is 197 g/mol. The molecule has 0 aliphatic carbocycles. The number of rotatable bonds is 7. The summed E-state index contributed by atoms with van der Waals surface area (Å²) in [6.45, 7) is 3.17. The predicted octanol–water partition coefficient (Wildman–Crippen LogP) is 1.21. The van der Waals surface area contributed by atoms with Crippen LogP contribution < -0.4 is 5.32 Å². The molecular formula is C8H15N5O. The Kier molecular flexibility index (Phi) is 6.50. The van der Waals surface area contributed by atoms with Crippen LogP contribution in [0.1, 0.15) is 13.3 Å². The van der Waals surface area contributed by atoms with Crippen molar-refractivity contribution < 1.29 is 4.74 Å². The standard InChI is InChI=1S/C8H15N5O/c1-8(7-9,3-6-14-2)11-4-5-12-13-10/h11H,3-6H2,1-2H3. The zero-order valence-corrected chi connectivity index (χ0v) is 8.53. The van der Waals surface area contributed by atoms with Gasteiger partial charge < -0.3 is 4.74 Å². The maximum atomic E-state index is 8.90. The Hall–Kier alpha value is -1.28. The van der Waals surface area contributed by atoms with Gasteiger partial charge in [0.25, 0.3) is 0 Å². The summed E-state index contributed by atoms with van der Waals surface area (Å²) < 4.78 is 4.89. The van der Waals surface area contributed by atoms with Crippen LogP contribution in [-0.2, 0) is 4.74 Å². The van der Waals surface area contributed by atoms with E-state index in [4.69, 9.17) is 15.5 Å². The molecular weight excluding hydrogens is 182 g/mol. The molecule has 0 saturated carbocycles. The molecule has 0 saturated heterocycles. The molecule has 0 rings (SSSR count). The van der Waals surface area contributed by atoms with Crippen molar-refractivity contribution in [2.75, 3.05) is 26.8 Å². The lowest BCUT2D eigenvalue weighted by atomic mass is 10.0. The fraction of sp³-hybridized carbons (Fsp3) is 0.875. The fourth-order valence-corrected chi connectivity index (χ4v) is 0.917. The molecule has 0 aliphatic heterocycles. The van der Waals surface area contributed by atoms with Crippen LogP contribution in [0.2, 0.25) is 0 Å². The minimum atomic E-state index is -0.610. The van der Waals surface area contributed by atoms with E-state index in [-0.39, 0.29) is 0 Å². The Bertz CT molecular complexity index is 243. The van der Waals surface area contributed by atoms with E-state index in [0.717, 1.165) is 0 Å². The van der Waals surface area contributed by atoms with Crippen molar-refractivity contribution in [1.29, 1.82) is 5.26 Å². The van der Waals surface area contributed by atoms with Crippen molar-refractivity contribution in [3.05, 3.63) is 10.4 Å². The molecule has 0 aromatic heterocycles. The summed E-state index contributed by atoms with van der Waals surface area (Å²) in [6, 6.07) is 2.16. The number of nitrogens with zero attached hydrogens (tertiary/aromatic N) is 4. The number of nitrogens with one attached hydrogen (secondary N) is 1. The molecule has 0 radical (unpaired) electrons. The van der Waals surface area contributed by atoms with Gasteiger partial charge in [0.1, 0.15) is 5.54 Å². The minimum Gasteiger partial charge on any atom is -0.385 e. The van der Waals surface area contributed by atoms with Crippen molar-refractivity contribution >= 4 is 0 Å². The van der Waals surface area contributed by atoms with Gasteiger partial charge in [-0.3, -0.25) is 5.32 Å². The lowest BCUT2D eigenvalue weighted by Gasteiger charge is -2.22. The van der Waals surface area contributed by atoms with E-state index in [0.29, 0.717) is 26.1 Å². The van der Waals surface area contributed by atoms with Gasteiger partial charge in [-0.15, -0.1) is 0 Å². The summed E-state index contributed by atoms with van der Waals surface area (Å²) in [5, 5.41) is 15.3. The van der Waals surface area contributed by atoms with Crippen LogP contribution in [-0.4, -0.2) is 32.3 Å². The van der Waals surface area contributed by atoms with Crippen LogP contribution in [0.25, 0.3) is 10.4 Å². The van der Waals surface area contributed by atoms with E-state index in [2.05, 4.69) is 21.4 Å². The summed E-state index contributed by atoms with van der Waals surface area (Å²) in [6.07, 6.45) is 0.607. The Morgan fingerprint density at radius 2 is 2.43 bits per heavy atom. The molecule has 78 valence electrons. The normalized spacial score (nSPS) is 13.8. The lowest BCUT2D eigenvalue weighted by molar-refractivity contribution is 0.174. The summed E-state index contributed by atoms with van der Waals surface area (Å²) in [5.74, 6) is 0. The molecule has 0 aliphatic rings. The van der Waals surface area contributed by atoms with Crippen molar-refractivity contribution in [3.63, 3.8) is 0 Å². The average molecular weight is 197 g/mol. The molecule has 1 atom stereocenters. The first-order valence-electron chi connectivity index (χ1n) is 4.34. The summed E-state index contributed by atoms with van der Waals surface area (Å²) >= 11 is 0. The first-order valence-corrected chi connectivity index (χ1v) is 4.34. The van der Waals surface area contributed by atoms with Gasteiger partial charge >= 0.3 is 0 Å². The Balaban J connectivity index is 3.87. The number of hydrogen-bond donors (Lipinski definition) is 1. The zero-order valence-electron chi connectivity index (χ0n) is 8.53. The molecule has 0 fully saturated rings. The fourth-order valence-electron chi connectivity index (χ4n) is 0.917. The molecule has 14 heavy (non-hydrogen) atoms. The Morgan fingerprint density at radius 1 is 1.71 bits per heavy atom. The smallest absolute Gasteiger partial charge is 0.106 e.